The summed E-state index contributed by atoms with van der Waals surface area (Å²) in [5, 5.41) is 8.79. The third-order valence-corrected chi connectivity index (χ3v) is 5.11. The van der Waals surface area contributed by atoms with E-state index in [0.29, 0.717) is 35.5 Å². The number of rotatable bonds is 9. The summed E-state index contributed by atoms with van der Waals surface area (Å²) >= 11 is 5.83. The van der Waals surface area contributed by atoms with Gasteiger partial charge in [-0.25, -0.2) is 14.2 Å². The predicted molar refractivity (Wildman–Crippen MR) is 125 cm³/mol. The van der Waals surface area contributed by atoms with E-state index >= 15 is 0 Å². The number of benzene rings is 2. The van der Waals surface area contributed by atoms with Crippen LogP contribution in [0.25, 0.3) is 22.7 Å². The molecule has 0 unspecified atom stereocenters. The van der Waals surface area contributed by atoms with Gasteiger partial charge in [-0.2, -0.15) is 9.97 Å². The highest BCUT2D eigenvalue weighted by Gasteiger charge is 2.21. The normalized spacial score (nSPS) is 11.0. The highest BCUT2D eigenvalue weighted by molar-refractivity contribution is 6.30. The van der Waals surface area contributed by atoms with Crippen LogP contribution in [0.15, 0.2) is 34.7 Å². The van der Waals surface area contributed by atoms with Crippen LogP contribution in [0.3, 0.4) is 0 Å². The summed E-state index contributed by atoms with van der Waals surface area (Å²) in [6, 6.07) is 7.65. The molecule has 0 saturated carbocycles. The smallest absolute Gasteiger partial charge is 0.341 e. The monoisotopic (exact) mass is 501 g/mol. The summed E-state index contributed by atoms with van der Waals surface area (Å²) in [5.74, 6) is -1.14. The molecule has 4 aromatic rings. The molecule has 0 aliphatic rings. The maximum Gasteiger partial charge on any atom is 0.341 e. The van der Waals surface area contributed by atoms with Crippen LogP contribution < -0.4 is 14.2 Å². The first-order chi connectivity index (χ1) is 16.8. The van der Waals surface area contributed by atoms with Crippen molar-refractivity contribution in [3.63, 3.8) is 0 Å². The summed E-state index contributed by atoms with van der Waals surface area (Å²) in [6.45, 7) is 5.42. The second kappa shape index (κ2) is 10.1. The molecule has 0 atom stereocenters. The number of carbonyl (C=O) groups is 1. The standard InChI is InChI=1S/C24H21ClFN3O6/c1-4-8-32-22-19-23(29-24(28-22)34-16-7-5-6-15(25)18(16)26)35-21(27-19)14-9-12(2)20(13(3)10-14)33-11-17(30)31/h5-7,9-10H,4,8,11H2,1-3H3,(H,30,31). The molecule has 2 aromatic heterocycles. The zero-order chi connectivity index (χ0) is 25.1. The minimum atomic E-state index is -1.07. The Balaban J connectivity index is 1.74. The number of carboxylic acids is 1. The lowest BCUT2D eigenvalue weighted by Gasteiger charge is -2.11. The number of aromatic nitrogens is 3. The van der Waals surface area contributed by atoms with Gasteiger partial charge in [0.2, 0.25) is 5.89 Å². The summed E-state index contributed by atoms with van der Waals surface area (Å²) in [5.41, 5.74) is 2.38. The molecule has 1 N–H and O–H groups in total. The van der Waals surface area contributed by atoms with Crippen LogP contribution >= 0.6 is 11.6 Å². The Morgan fingerprint density at radius 2 is 1.89 bits per heavy atom. The molecule has 0 saturated heterocycles. The first-order valence-electron chi connectivity index (χ1n) is 10.7. The van der Waals surface area contributed by atoms with Gasteiger partial charge in [-0.15, -0.1) is 0 Å². The van der Waals surface area contributed by atoms with Crippen LogP contribution in [-0.4, -0.2) is 39.2 Å². The molecule has 182 valence electrons. The van der Waals surface area contributed by atoms with Crippen LogP contribution in [0, 0.1) is 19.7 Å². The molecule has 0 fully saturated rings. The Kier molecular flexibility index (Phi) is 7.02. The number of aliphatic carboxylic acids is 1. The van der Waals surface area contributed by atoms with Gasteiger partial charge in [-0.3, -0.25) is 0 Å². The van der Waals surface area contributed by atoms with Crippen molar-refractivity contribution in [1.82, 2.24) is 15.0 Å². The average Bonchev–Trinajstić information content (AvgIpc) is 3.24. The largest absolute Gasteiger partial charge is 0.481 e. The SMILES string of the molecule is CCCOc1nc(Oc2cccc(Cl)c2F)nc2oc(-c3cc(C)c(OCC(=O)O)c(C)c3)nc12. The molecule has 0 bridgehead atoms. The molecule has 4 rings (SSSR count). The first kappa shape index (κ1) is 24.2. The van der Waals surface area contributed by atoms with Crippen LogP contribution in [0.5, 0.6) is 23.4 Å². The Morgan fingerprint density at radius 3 is 2.57 bits per heavy atom. The second-order valence-electron chi connectivity index (χ2n) is 7.61. The summed E-state index contributed by atoms with van der Waals surface area (Å²) in [4.78, 5) is 23.8. The lowest BCUT2D eigenvalue weighted by molar-refractivity contribution is -0.139. The minimum absolute atomic E-state index is 0.0834. The van der Waals surface area contributed by atoms with Gasteiger partial charge in [0.25, 0.3) is 11.6 Å². The molecule has 0 aliphatic heterocycles. The first-order valence-corrected chi connectivity index (χ1v) is 11.0. The molecule has 9 nitrogen and oxygen atoms in total. The van der Waals surface area contributed by atoms with Crippen molar-refractivity contribution in [3.05, 3.63) is 52.3 Å². The minimum Gasteiger partial charge on any atom is -0.481 e. The van der Waals surface area contributed by atoms with Crippen molar-refractivity contribution in [3.8, 4) is 34.8 Å². The third-order valence-electron chi connectivity index (χ3n) is 4.81. The molecule has 35 heavy (non-hydrogen) atoms. The van der Waals surface area contributed by atoms with Gasteiger partial charge < -0.3 is 23.7 Å². The fourth-order valence-corrected chi connectivity index (χ4v) is 3.51. The lowest BCUT2D eigenvalue weighted by Crippen LogP contribution is -2.10. The molecular formula is C24H21ClFN3O6. The highest BCUT2D eigenvalue weighted by Crippen LogP contribution is 2.35. The van der Waals surface area contributed by atoms with Crippen molar-refractivity contribution in [2.75, 3.05) is 13.2 Å². The fourth-order valence-electron chi connectivity index (χ4n) is 3.34. The number of hydrogen-bond acceptors (Lipinski definition) is 8. The highest BCUT2D eigenvalue weighted by atomic mass is 35.5. The van der Waals surface area contributed by atoms with E-state index in [9.17, 15) is 9.18 Å². The lowest BCUT2D eigenvalue weighted by atomic mass is 10.1. The van der Waals surface area contributed by atoms with E-state index in [4.69, 9.17) is 35.3 Å². The van der Waals surface area contributed by atoms with E-state index in [1.165, 1.54) is 18.2 Å². The zero-order valence-electron chi connectivity index (χ0n) is 19.1. The maximum atomic E-state index is 14.3. The van der Waals surface area contributed by atoms with Crippen LogP contribution in [0.4, 0.5) is 4.39 Å². The van der Waals surface area contributed by atoms with Gasteiger partial charge in [-0.1, -0.05) is 24.6 Å². The molecule has 0 aliphatic carbocycles. The van der Waals surface area contributed by atoms with Gasteiger partial charge in [0.1, 0.15) is 5.75 Å². The Bertz CT molecular complexity index is 1380. The van der Waals surface area contributed by atoms with Crippen molar-refractivity contribution < 1.29 is 32.9 Å². The molecule has 0 amide bonds. The number of aryl methyl sites for hydroxylation is 2. The molecule has 0 spiro atoms. The summed E-state index contributed by atoms with van der Waals surface area (Å²) in [6.07, 6.45) is 0.714. The number of carboxylic acid groups (broad SMARTS) is 1. The maximum absolute atomic E-state index is 14.3. The fraction of sp³-hybridized carbons (Fsp3) is 0.250. The van der Waals surface area contributed by atoms with Gasteiger partial charge in [-0.05, 0) is 55.7 Å². The van der Waals surface area contributed by atoms with Gasteiger partial charge >= 0.3 is 12.0 Å². The molecule has 11 heteroatoms. The van der Waals surface area contributed by atoms with Crippen molar-refractivity contribution in [2.45, 2.75) is 27.2 Å². The zero-order valence-corrected chi connectivity index (χ0v) is 19.9. The quantitative estimate of drug-likeness (QED) is 0.306. The van der Waals surface area contributed by atoms with Gasteiger partial charge in [0, 0.05) is 5.56 Å². The van der Waals surface area contributed by atoms with E-state index in [0.717, 1.165) is 0 Å². The number of oxazole rings is 1. The van der Waals surface area contributed by atoms with Crippen LogP contribution in [-0.2, 0) is 4.79 Å². The molecular weight excluding hydrogens is 481 g/mol. The third kappa shape index (κ3) is 5.27. The number of ether oxygens (including phenoxy) is 3. The Labute approximate surface area is 204 Å². The summed E-state index contributed by atoms with van der Waals surface area (Å²) in [7, 11) is 0. The number of hydrogen-bond donors (Lipinski definition) is 1. The van der Waals surface area contributed by atoms with E-state index < -0.39 is 18.4 Å². The van der Waals surface area contributed by atoms with Gasteiger partial charge in [0.15, 0.2) is 23.7 Å². The number of fused-ring (bicyclic) bond motifs is 1. The van der Waals surface area contributed by atoms with E-state index in [2.05, 4.69) is 15.0 Å². The predicted octanol–water partition coefficient (Wildman–Crippen LogP) is 5.74. The Morgan fingerprint density at radius 1 is 1.14 bits per heavy atom. The molecule has 2 heterocycles. The average molecular weight is 502 g/mol. The summed E-state index contributed by atoms with van der Waals surface area (Å²) < 4.78 is 36.8. The second-order valence-corrected chi connectivity index (χ2v) is 8.02. The molecule has 0 radical (unpaired) electrons. The van der Waals surface area contributed by atoms with Crippen molar-refractivity contribution in [1.29, 1.82) is 0 Å². The van der Waals surface area contributed by atoms with Crippen LogP contribution in [0.2, 0.25) is 5.02 Å². The van der Waals surface area contributed by atoms with Crippen molar-refractivity contribution >= 4 is 28.8 Å². The van der Waals surface area contributed by atoms with E-state index in [1.807, 2.05) is 6.92 Å². The molecule has 2 aromatic carbocycles. The number of nitrogens with zero attached hydrogens (tertiary/aromatic N) is 3. The topological polar surface area (TPSA) is 117 Å². The van der Waals surface area contributed by atoms with Crippen LogP contribution in [0.1, 0.15) is 24.5 Å². The number of halogens is 2. The van der Waals surface area contributed by atoms with Crippen molar-refractivity contribution in [2.24, 2.45) is 0 Å². The van der Waals surface area contributed by atoms with E-state index in [1.54, 1.807) is 26.0 Å². The van der Waals surface area contributed by atoms with E-state index in [-0.39, 0.29) is 39.8 Å². The van der Waals surface area contributed by atoms with Gasteiger partial charge in [0.05, 0.1) is 11.6 Å². The Hall–Kier alpha value is -3.92.